The van der Waals surface area contributed by atoms with Crippen LogP contribution in [0, 0.1) is 0 Å². The number of carbonyl (C=O) groups excluding carboxylic acids is 1. The molecule has 50 valence electrons. The van der Waals surface area contributed by atoms with Crippen molar-refractivity contribution in [2.75, 3.05) is 5.75 Å². The van der Waals surface area contributed by atoms with Gasteiger partial charge in [-0.05, 0) is 0 Å². The molecule has 2 N–H and O–H groups in total. The highest BCUT2D eigenvalue weighted by atomic mass is 32.2. The molecule has 0 aromatic heterocycles. The zero-order valence-electron chi connectivity index (χ0n) is 4.46. The van der Waals surface area contributed by atoms with Crippen molar-refractivity contribution in [3.05, 3.63) is 0 Å². The van der Waals surface area contributed by atoms with Gasteiger partial charge in [0, 0.05) is 0 Å². The minimum Gasteiger partial charge on any atom is -0.479 e. The van der Waals surface area contributed by atoms with Crippen molar-refractivity contribution in [2.45, 2.75) is 5.37 Å². The molecule has 1 unspecified atom stereocenters. The van der Waals surface area contributed by atoms with Gasteiger partial charge < -0.3 is 10.4 Å². The summed E-state index contributed by atoms with van der Waals surface area (Å²) in [6.45, 7) is 0. The molecule has 1 rings (SSSR count). The topological polar surface area (TPSA) is 66.4 Å². The first-order valence-electron chi connectivity index (χ1n) is 2.34. The molecule has 5 heteroatoms. The van der Waals surface area contributed by atoms with Gasteiger partial charge in [0.1, 0.15) is 0 Å². The van der Waals surface area contributed by atoms with E-state index in [0.29, 0.717) is 0 Å². The lowest BCUT2D eigenvalue weighted by molar-refractivity contribution is -0.138. The number of hydrogen-bond donors (Lipinski definition) is 2. The first-order chi connectivity index (χ1) is 4.20. The van der Waals surface area contributed by atoms with Crippen molar-refractivity contribution >= 4 is 23.6 Å². The van der Waals surface area contributed by atoms with Crippen LogP contribution >= 0.6 is 11.8 Å². The van der Waals surface area contributed by atoms with E-state index in [1.54, 1.807) is 0 Å². The molecule has 1 aliphatic rings. The number of rotatable bonds is 1. The quantitative estimate of drug-likeness (QED) is 0.512. The molecule has 1 fully saturated rings. The standard InChI is InChI=1S/C4H5NO3S/c6-2-1-9-3(5-2)4(7)8/h3H,1H2,(H,5,6)(H,7,8). The van der Waals surface area contributed by atoms with Crippen LogP contribution in [0.1, 0.15) is 0 Å². The van der Waals surface area contributed by atoms with Crippen LogP contribution in [0.15, 0.2) is 0 Å². The maximum atomic E-state index is 10.4. The van der Waals surface area contributed by atoms with Gasteiger partial charge >= 0.3 is 5.97 Å². The molecule has 0 aliphatic carbocycles. The number of aliphatic carboxylic acids is 1. The second kappa shape index (κ2) is 2.26. The molecule has 1 amide bonds. The Morgan fingerprint density at radius 3 is 2.78 bits per heavy atom. The summed E-state index contributed by atoms with van der Waals surface area (Å²) < 4.78 is 0. The molecule has 4 nitrogen and oxygen atoms in total. The second-order valence-electron chi connectivity index (χ2n) is 1.60. The van der Waals surface area contributed by atoms with Gasteiger partial charge in [0.2, 0.25) is 5.91 Å². The third-order valence-corrected chi connectivity index (χ3v) is 1.98. The Morgan fingerprint density at radius 2 is 2.56 bits per heavy atom. The Labute approximate surface area is 55.6 Å². The van der Waals surface area contributed by atoms with E-state index in [9.17, 15) is 9.59 Å². The Hall–Kier alpha value is -0.710. The van der Waals surface area contributed by atoms with E-state index in [4.69, 9.17) is 5.11 Å². The van der Waals surface area contributed by atoms with Crippen molar-refractivity contribution in [3.8, 4) is 0 Å². The van der Waals surface area contributed by atoms with Crippen molar-refractivity contribution in [3.63, 3.8) is 0 Å². The number of carboxylic acid groups (broad SMARTS) is 1. The molecule has 0 radical (unpaired) electrons. The lowest BCUT2D eigenvalue weighted by atomic mass is 10.6. The van der Waals surface area contributed by atoms with Crippen LogP contribution < -0.4 is 5.32 Å². The molecule has 0 saturated carbocycles. The Bertz CT molecular complexity index is 158. The summed E-state index contributed by atoms with van der Waals surface area (Å²) in [4.78, 5) is 20.5. The van der Waals surface area contributed by atoms with Gasteiger partial charge in [-0.15, -0.1) is 11.8 Å². The van der Waals surface area contributed by atoms with Crippen LogP contribution in [0.5, 0.6) is 0 Å². The van der Waals surface area contributed by atoms with Gasteiger partial charge in [-0.1, -0.05) is 0 Å². The summed E-state index contributed by atoms with van der Waals surface area (Å²) in [6, 6.07) is 0. The number of carbonyl (C=O) groups is 2. The molecule has 1 atom stereocenters. The molecule has 0 spiro atoms. The van der Waals surface area contributed by atoms with Crippen molar-refractivity contribution in [2.24, 2.45) is 0 Å². The third-order valence-electron chi connectivity index (χ3n) is 0.897. The first-order valence-corrected chi connectivity index (χ1v) is 3.39. The van der Waals surface area contributed by atoms with Gasteiger partial charge in [-0.25, -0.2) is 4.79 Å². The number of carboxylic acids is 1. The fraction of sp³-hybridized carbons (Fsp3) is 0.500. The van der Waals surface area contributed by atoms with E-state index in [-0.39, 0.29) is 11.7 Å². The Balaban J connectivity index is 2.48. The molecule has 9 heavy (non-hydrogen) atoms. The fourth-order valence-corrected chi connectivity index (χ4v) is 1.28. The summed E-state index contributed by atoms with van der Waals surface area (Å²) >= 11 is 1.10. The van der Waals surface area contributed by atoms with Crippen LogP contribution in [-0.4, -0.2) is 28.1 Å². The smallest absolute Gasteiger partial charge is 0.336 e. The van der Waals surface area contributed by atoms with E-state index in [0.717, 1.165) is 11.8 Å². The molecule has 1 heterocycles. The summed E-state index contributed by atoms with van der Waals surface area (Å²) in [5.74, 6) is -0.921. The number of thioether (sulfide) groups is 1. The molecule has 1 saturated heterocycles. The SMILES string of the molecule is O=C1CSC(C(=O)O)N1. The normalized spacial score (nSPS) is 25.8. The Morgan fingerprint density at radius 1 is 1.89 bits per heavy atom. The van der Waals surface area contributed by atoms with Gasteiger partial charge in [0.15, 0.2) is 5.37 Å². The number of nitrogens with one attached hydrogen (secondary N) is 1. The van der Waals surface area contributed by atoms with Crippen molar-refractivity contribution < 1.29 is 14.7 Å². The van der Waals surface area contributed by atoms with Crippen LogP contribution in [0.3, 0.4) is 0 Å². The zero-order valence-corrected chi connectivity index (χ0v) is 5.27. The van der Waals surface area contributed by atoms with Crippen LogP contribution in [0.4, 0.5) is 0 Å². The predicted molar refractivity (Wildman–Crippen MR) is 32.0 cm³/mol. The van der Waals surface area contributed by atoms with E-state index in [1.807, 2.05) is 0 Å². The average molecular weight is 147 g/mol. The van der Waals surface area contributed by atoms with Crippen LogP contribution in [0.25, 0.3) is 0 Å². The van der Waals surface area contributed by atoms with Crippen LogP contribution in [-0.2, 0) is 9.59 Å². The number of hydrogen-bond acceptors (Lipinski definition) is 3. The van der Waals surface area contributed by atoms with Gasteiger partial charge in [-0.2, -0.15) is 0 Å². The van der Waals surface area contributed by atoms with E-state index in [2.05, 4.69) is 5.32 Å². The lowest BCUT2D eigenvalue weighted by Gasteiger charge is -1.98. The molecule has 0 aromatic rings. The van der Waals surface area contributed by atoms with Crippen molar-refractivity contribution in [1.29, 1.82) is 0 Å². The summed E-state index contributed by atoms with van der Waals surface area (Å²) in [5.41, 5.74) is 0. The van der Waals surface area contributed by atoms with Gasteiger partial charge in [0.05, 0.1) is 5.75 Å². The van der Waals surface area contributed by atoms with Gasteiger partial charge in [0.25, 0.3) is 0 Å². The number of amides is 1. The maximum Gasteiger partial charge on any atom is 0.336 e. The summed E-state index contributed by atoms with van der Waals surface area (Å²) in [7, 11) is 0. The highest BCUT2D eigenvalue weighted by Crippen LogP contribution is 2.13. The molecule has 0 aromatic carbocycles. The van der Waals surface area contributed by atoms with E-state index < -0.39 is 11.3 Å². The molecular formula is C4H5NO3S. The minimum absolute atomic E-state index is 0.201. The summed E-state index contributed by atoms with van der Waals surface area (Å²) in [5, 5.41) is 9.85. The average Bonchev–Trinajstić information content (AvgIpc) is 2.14. The molecule has 0 bridgehead atoms. The molecular weight excluding hydrogens is 142 g/mol. The van der Waals surface area contributed by atoms with Crippen LogP contribution in [0.2, 0.25) is 0 Å². The van der Waals surface area contributed by atoms with Crippen molar-refractivity contribution in [1.82, 2.24) is 5.32 Å². The molecule has 1 aliphatic heterocycles. The monoisotopic (exact) mass is 147 g/mol. The second-order valence-corrected chi connectivity index (χ2v) is 2.69. The minimum atomic E-state index is -0.981. The highest BCUT2D eigenvalue weighted by molar-refractivity contribution is 8.01. The lowest BCUT2D eigenvalue weighted by Crippen LogP contribution is -2.31. The zero-order chi connectivity index (χ0) is 6.85. The predicted octanol–water partition coefficient (Wildman–Crippen LogP) is -0.740. The Kier molecular flexibility index (Phi) is 1.61. The maximum absolute atomic E-state index is 10.4. The first kappa shape index (κ1) is 6.41. The van der Waals surface area contributed by atoms with E-state index in [1.165, 1.54) is 0 Å². The van der Waals surface area contributed by atoms with E-state index >= 15 is 0 Å². The summed E-state index contributed by atoms with van der Waals surface area (Å²) in [6.07, 6.45) is 0. The largest absolute Gasteiger partial charge is 0.479 e. The highest BCUT2D eigenvalue weighted by Gasteiger charge is 2.26. The fourth-order valence-electron chi connectivity index (χ4n) is 0.522. The third kappa shape index (κ3) is 1.35. The van der Waals surface area contributed by atoms with Gasteiger partial charge in [-0.3, -0.25) is 4.79 Å².